The van der Waals surface area contributed by atoms with Crippen LogP contribution in [-0.2, 0) is 17.6 Å². The number of hydrogen-bond donors (Lipinski definition) is 1. The lowest BCUT2D eigenvalue weighted by Crippen LogP contribution is -2.40. The highest BCUT2D eigenvalue weighted by atomic mass is 16.5. The normalized spacial score (nSPS) is 15.2. The van der Waals surface area contributed by atoms with Crippen LogP contribution < -0.4 is 14.8 Å². The zero-order valence-corrected chi connectivity index (χ0v) is 18.1. The summed E-state index contributed by atoms with van der Waals surface area (Å²) >= 11 is 0. The van der Waals surface area contributed by atoms with E-state index >= 15 is 0 Å². The third-order valence-corrected chi connectivity index (χ3v) is 5.81. The first-order valence-corrected chi connectivity index (χ1v) is 10.8. The summed E-state index contributed by atoms with van der Waals surface area (Å²) < 4.78 is 11.4. The molecule has 2 atom stereocenters. The zero-order valence-electron chi connectivity index (χ0n) is 18.1. The Morgan fingerprint density at radius 3 is 2.45 bits per heavy atom. The first kappa shape index (κ1) is 21.2. The Morgan fingerprint density at radius 2 is 1.79 bits per heavy atom. The molecule has 156 valence electrons. The lowest BCUT2D eigenvalue weighted by atomic mass is 9.92. The molecule has 0 radical (unpaired) electrons. The fraction of sp³-hybridized carbons (Fsp3) is 0.480. The Labute approximate surface area is 174 Å². The Hall–Kier alpha value is -2.49. The second-order valence-corrected chi connectivity index (χ2v) is 7.85. The number of carbonyl (C=O) groups is 1. The number of benzene rings is 2. The van der Waals surface area contributed by atoms with Gasteiger partial charge in [-0.1, -0.05) is 32.0 Å². The van der Waals surface area contributed by atoms with E-state index in [-0.39, 0.29) is 11.9 Å². The molecule has 0 heterocycles. The Balaban J connectivity index is 1.69. The summed E-state index contributed by atoms with van der Waals surface area (Å²) in [7, 11) is 1.67. The quantitative estimate of drug-likeness (QED) is 0.659. The van der Waals surface area contributed by atoms with E-state index < -0.39 is 6.10 Å². The first-order valence-electron chi connectivity index (χ1n) is 10.8. The maximum atomic E-state index is 13.0. The molecule has 4 nitrogen and oxygen atoms in total. The van der Waals surface area contributed by atoms with Gasteiger partial charge in [-0.25, -0.2) is 0 Å². The van der Waals surface area contributed by atoms with Gasteiger partial charge in [0.15, 0.2) is 6.10 Å². The molecule has 3 rings (SSSR count). The monoisotopic (exact) mass is 395 g/mol. The highest BCUT2D eigenvalue weighted by Crippen LogP contribution is 2.27. The number of methoxy groups -OCH3 is 1. The van der Waals surface area contributed by atoms with Gasteiger partial charge in [0.25, 0.3) is 5.91 Å². The molecule has 0 saturated heterocycles. The van der Waals surface area contributed by atoms with Crippen molar-refractivity contribution in [3.63, 3.8) is 0 Å². The minimum absolute atomic E-state index is 0.0479. The summed E-state index contributed by atoms with van der Waals surface area (Å²) in [4.78, 5) is 13.0. The first-order chi connectivity index (χ1) is 14.0. The third-order valence-electron chi connectivity index (χ3n) is 5.81. The molecule has 0 spiro atoms. The fourth-order valence-corrected chi connectivity index (χ4v) is 4.07. The molecule has 0 unspecified atom stereocenters. The molecule has 0 fully saturated rings. The van der Waals surface area contributed by atoms with Crippen molar-refractivity contribution < 1.29 is 14.3 Å². The van der Waals surface area contributed by atoms with Crippen LogP contribution in [0.4, 0.5) is 0 Å². The predicted molar refractivity (Wildman–Crippen MR) is 117 cm³/mol. The van der Waals surface area contributed by atoms with E-state index in [0.29, 0.717) is 6.42 Å². The van der Waals surface area contributed by atoms with Crippen molar-refractivity contribution in [1.82, 2.24) is 5.32 Å². The van der Waals surface area contributed by atoms with Gasteiger partial charge in [0, 0.05) is 0 Å². The van der Waals surface area contributed by atoms with Gasteiger partial charge in [-0.05, 0) is 85.9 Å². The van der Waals surface area contributed by atoms with Crippen LogP contribution in [0, 0.1) is 6.92 Å². The van der Waals surface area contributed by atoms with Crippen molar-refractivity contribution >= 4 is 5.91 Å². The smallest absolute Gasteiger partial charge is 0.261 e. The molecule has 1 N–H and O–H groups in total. The summed E-state index contributed by atoms with van der Waals surface area (Å²) in [5, 5.41) is 3.18. The summed E-state index contributed by atoms with van der Waals surface area (Å²) in [6, 6.07) is 12.3. The SMILES string of the molecule is CC[C@H](Oc1ccc2c(c1)CCCC2)C(=O)N[C@H](CC)c1ccc(OC)c(C)c1. The van der Waals surface area contributed by atoms with Crippen LogP contribution in [-0.4, -0.2) is 19.1 Å². The van der Waals surface area contributed by atoms with Gasteiger partial charge in [0.1, 0.15) is 11.5 Å². The maximum Gasteiger partial charge on any atom is 0.261 e. The average Bonchev–Trinajstić information content (AvgIpc) is 2.75. The van der Waals surface area contributed by atoms with Crippen LogP contribution in [0.25, 0.3) is 0 Å². The van der Waals surface area contributed by atoms with E-state index in [1.165, 1.54) is 24.0 Å². The molecule has 1 amide bonds. The molecule has 1 aliphatic carbocycles. The molecule has 4 heteroatoms. The summed E-state index contributed by atoms with van der Waals surface area (Å²) in [5.41, 5.74) is 4.93. The Morgan fingerprint density at radius 1 is 1.03 bits per heavy atom. The predicted octanol–water partition coefficient (Wildman–Crippen LogP) is 5.31. The van der Waals surface area contributed by atoms with Crippen molar-refractivity contribution in [3.05, 3.63) is 58.7 Å². The minimum Gasteiger partial charge on any atom is -0.496 e. The number of rotatable bonds is 8. The second-order valence-electron chi connectivity index (χ2n) is 7.85. The molecule has 0 aliphatic heterocycles. The van der Waals surface area contributed by atoms with E-state index in [2.05, 4.69) is 30.4 Å². The molecule has 0 aromatic heterocycles. The highest BCUT2D eigenvalue weighted by molar-refractivity contribution is 5.81. The molecule has 0 saturated carbocycles. The van der Waals surface area contributed by atoms with Gasteiger partial charge in [-0.2, -0.15) is 0 Å². The van der Waals surface area contributed by atoms with E-state index in [0.717, 1.165) is 41.9 Å². The van der Waals surface area contributed by atoms with E-state index in [9.17, 15) is 4.79 Å². The van der Waals surface area contributed by atoms with Gasteiger partial charge >= 0.3 is 0 Å². The van der Waals surface area contributed by atoms with Crippen molar-refractivity contribution in [2.75, 3.05) is 7.11 Å². The summed E-state index contributed by atoms with van der Waals surface area (Å²) in [5.74, 6) is 1.59. The second kappa shape index (κ2) is 9.82. The van der Waals surface area contributed by atoms with Crippen molar-refractivity contribution in [2.45, 2.75) is 71.4 Å². The number of nitrogens with one attached hydrogen (secondary N) is 1. The summed E-state index contributed by atoms with van der Waals surface area (Å²) in [6.45, 7) is 6.09. The number of aryl methyl sites for hydroxylation is 3. The topological polar surface area (TPSA) is 47.6 Å². The van der Waals surface area contributed by atoms with Gasteiger partial charge in [-0.3, -0.25) is 4.79 Å². The lowest BCUT2D eigenvalue weighted by molar-refractivity contribution is -0.128. The van der Waals surface area contributed by atoms with Gasteiger partial charge in [0.2, 0.25) is 0 Å². The van der Waals surface area contributed by atoms with Gasteiger partial charge in [0.05, 0.1) is 13.2 Å². The van der Waals surface area contributed by atoms with Gasteiger partial charge in [-0.15, -0.1) is 0 Å². The molecule has 0 bridgehead atoms. The van der Waals surface area contributed by atoms with Crippen molar-refractivity contribution in [1.29, 1.82) is 0 Å². The number of ether oxygens (including phenoxy) is 2. The maximum absolute atomic E-state index is 13.0. The van der Waals surface area contributed by atoms with E-state index in [1.54, 1.807) is 7.11 Å². The fourth-order valence-electron chi connectivity index (χ4n) is 4.07. The average molecular weight is 396 g/mol. The zero-order chi connectivity index (χ0) is 20.8. The van der Waals surface area contributed by atoms with Crippen LogP contribution in [0.15, 0.2) is 36.4 Å². The highest BCUT2D eigenvalue weighted by Gasteiger charge is 2.23. The number of carbonyl (C=O) groups excluding carboxylic acids is 1. The summed E-state index contributed by atoms with van der Waals surface area (Å²) in [6.07, 6.45) is 5.68. The van der Waals surface area contributed by atoms with Crippen molar-refractivity contribution in [2.24, 2.45) is 0 Å². The molecule has 2 aromatic rings. The third kappa shape index (κ3) is 5.11. The molecule has 1 aliphatic rings. The van der Waals surface area contributed by atoms with Crippen molar-refractivity contribution in [3.8, 4) is 11.5 Å². The molecule has 2 aromatic carbocycles. The molecular formula is C25H33NO3. The Bertz CT molecular complexity index is 846. The number of amides is 1. The largest absolute Gasteiger partial charge is 0.496 e. The van der Waals surface area contributed by atoms with E-state index in [4.69, 9.17) is 9.47 Å². The number of hydrogen-bond acceptors (Lipinski definition) is 3. The van der Waals surface area contributed by atoms with Crippen LogP contribution in [0.2, 0.25) is 0 Å². The van der Waals surface area contributed by atoms with Crippen LogP contribution in [0.5, 0.6) is 11.5 Å². The standard InChI is InChI=1S/C25H33NO3/c1-5-22(20-12-14-24(28-4)17(3)15-20)26-25(27)23(6-2)29-21-13-11-18-9-7-8-10-19(18)16-21/h11-16,22-23H,5-10H2,1-4H3,(H,26,27)/t22-,23+/m1/s1. The molecular weight excluding hydrogens is 362 g/mol. The molecule has 29 heavy (non-hydrogen) atoms. The Kier molecular flexibility index (Phi) is 7.18. The van der Waals surface area contributed by atoms with Crippen LogP contribution in [0.3, 0.4) is 0 Å². The van der Waals surface area contributed by atoms with Crippen LogP contribution >= 0.6 is 0 Å². The number of fused-ring (bicyclic) bond motifs is 1. The van der Waals surface area contributed by atoms with Crippen LogP contribution in [0.1, 0.15) is 67.8 Å². The van der Waals surface area contributed by atoms with Gasteiger partial charge < -0.3 is 14.8 Å². The lowest BCUT2D eigenvalue weighted by Gasteiger charge is -2.24. The minimum atomic E-state index is -0.495. The van der Waals surface area contributed by atoms with E-state index in [1.807, 2.05) is 32.0 Å².